The van der Waals surface area contributed by atoms with Crippen LogP contribution in [0.3, 0.4) is 0 Å². The number of carbonyl (C=O) groups is 1. The highest BCUT2D eigenvalue weighted by atomic mass is 32.1. The highest BCUT2D eigenvalue weighted by Gasteiger charge is 2.15. The van der Waals surface area contributed by atoms with Gasteiger partial charge in [0.15, 0.2) is 0 Å². The maximum absolute atomic E-state index is 13.3. The lowest BCUT2D eigenvalue weighted by molar-refractivity contribution is -0.115. The van der Waals surface area contributed by atoms with Gasteiger partial charge in [-0.05, 0) is 42.7 Å². The zero-order valence-corrected chi connectivity index (χ0v) is 16.4. The molecule has 0 aliphatic rings. The number of aryl methyl sites for hydroxylation is 1. The number of terminal acetylenes is 1. The van der Waals surface area contributed by atoms with E-state index < -0.39 is 12.3 Å². The third-order valence-corrected chi connectivity index (χ3v) is 4.91. The minimum absolute atomic E-state index is 0.0918. The maximum atomic E-state index is 13.3. The topological polar surface area (TPSA) is 54.0 Å². The van der Waals surface area contributed by atoms with Crippen molar-refractivity contribution in [3.05, 3.63) is 58.1 Å². The second-order valence-corrected chi connectivity index (χ2v) is 7.36. The van der Waals surface area contributed by atoms with Gasteiger partial charge < -0.3 is 10.6 Å². The lowest BCUT2D eigenvalue weighted by Gasteiger charge is -2.06. The van der Waals surface area contributed by atoms with Crippen molar-refractivity contribution in [2.24, 2.45) is 0 Å². The Labute approximate surface area is 171 Å². The lowest BCUT2D eigenvalue weighted by Crippen LogP contribution is -2.20. The Kier molecular flexibility index (Phi) is 6.43. The van der Waals surface area contributed by atoms with Gasteiger partial charge in [0.25, 0.3) is 12.3 Å². The van der Waals surface area contributed by atoms with Crippen molar-refractivity contribution in [2.45, 2.75) is 19.9 Å². The predicted molar refractivity (Wildman–Crippen MR) is 112 cm³/mol. The second-order valence-electron chi connectivity index (χ2n) is 6.13. The van der Waals surface area contributed by atoms with E-state index in [9.17, 15) is 13.6 Å². The largest absolute Gasteiger partial charge is 0.374 e. The average Bonchev–Trinajstić information content (AvgIpc) is 3.08. The van der Waals surface area contributed by atoms with E-state index in [1.54, 1.807) is 13.0 Å². The standard InChI is InChI=1S/C22H17F2N3OS/c1-3-20(28)26-13-16-6-4-8-17(10-16)25-9-5-7-15-11-18(22(23)24)21-19(12-15)29-14(2)27-21/h1,4,6,8,10-12,22,25H,9,13H2,2H3,(H,26,28). The van der Waals surface area contributed by atoms with Crippen molar-refractivity contribution in [1.29, 1.82) is 0 Å². The van der Waals surface area contributed by atoms with Gasteiger partial charge in [-0.1, -0.05) is 24.0 Å². The number of rotatable bonds is 5. The molecule has 3 aromatic rings. The van der Waals surface area contributed by atoms with Crippen LogP contribution in [-0.4, -0.2) is 17.4 Å². The first kappa shape index (κ1) is 20.3. The highest BCUT2D eigenvalue weighted by molar-refractivity contribution is 7.18. The Morgan fingerprint density at radius 3 is 2.90 bits per heavy atom. The average molecular weight is 409 g/mol. The molecule has 3 rings (SSSR count). The number of anilines is 1. The van der Waals surface area contributed by atoms with Crippen LogP contribution in [0, 0.1) is 31.1 Å². The lowest BCUT2D eigenvalue weighted by atomic mass is 10.1. The van der Waals surface area contributed by atoms with E-state index in [1.165, 1.54) is 17.4 Å². The van der Waals surface area contributed by atoms with E-state index in [0.717, 1.165) is 16.3 Å². The van der Waals surface area contributed by atoms with Crippen LogP contribution in [0.2, 0.25) is 0 Å². The summed E-state index contributed by atoms with van der Waals surface area (Å²) in [7, 11) is 0. The SMILES string of the molecule is C#CC(=O)NCc1cccc(NCC#Cc2cc(C(F)F)c3nc(C)sc3c2)c1. The summed E-state index contributed by atoms with van der Waals surface area (Å²) in [5.41, 5.74) is 2.50. The molecule has 0 bridgehead atoms. The number of aromatic nitrogens is 1. The zero-order chi connectivity index (χ0) is 20.8. The number of nitrogens with one attached hydrogen (secondary N) is 2. The summed E-state index contributed by atoms with van der Waals surface area (Å²) in [6, 6.07) is 10.6. The monoisotopic (exact) mass is 409 g/mol. The molecular formula is C22H17F2N3OS. The number of hydrogen-bond acceptors (Lipinski definition) is 4. The number of fused-ring (bicyclic) bond motifs is 1. The van der Waals surface area contributed by atoms with Gasteiger partial charge in [0, 0.05) is 23.4 Å². The van der Waals surface area contributed by atoms with Crippen LogP contribution < -0.4 is 10.6 Å². The van der Waals surface area contributed by atoms with Gasteiger partial charge in [-0.15, -0.1) is 17.8 Å². The molecule has 2 N–H and O–H groups in total. The molecule has 1 amide bonds. The van der Waals surface area contributed by atoms with Gasteiger partial charge in [0.1, 0.15) is 0 Å². The number of thiazole rings is 1. The van der Waals surface area contributed by atoms with Crippen LogP contribution in [-0.2, 0) is 11.3 Å². The van der Waals surface area contributed by atoms with E-state index in [2.05, 4.69) is 27.5 Å². The third kappa shape index (κ3) is 5.31. The Morgan fingerprint density at radius 1 is 1.31 bits per heavy atom. The molecule has 0 saturated carbocycles. The molecule has 0 saturated heterocycles. The molecular weight excluding hydrogens is 392 g/mol. The molecule has 0 aliphatic carbocycles. The van der Waals surface area contributed by atoms with Crippen LogP contribution in [0.5, 0.6) is 0 Å². The second kappa shape index (κ2) is 9.18. The number of halogens is 2. The van der Waals surface area contributed by atoms with Gasteiger partial charge in [0.2, 0.25) is 0 Å². The Hall–Kier alpha value is -3.42. The van der Waals surface area contributed by atoms with E-state index in [4.69, 9.17) is 6.42 Å². The van der Waals surface area contributed by atoms with Crippen molar-refractivity contribution >= 4 is 33.1 Å². The number of nitrogens with zero attached hydrogens (tertiary/aromatic N) is 1. The number of amides is 1. The molecule has 0 spiro atoms. The summed E-state index contributed by atoms with van der Waals surface area (Å²) in [5, 5.41) is 6.49. The molecule has 0 fully saturated rings. The van der Waals surface area contributed by atoms with Crippen molar-refractivity contribution < 1.29 is 13.6 Å². The first-order valence-corrected chi connectivity index (χ1v) is 9.53. The number of alkyl halides is 2. The summed E-state index contributed by atoms with van der Waals surface area (Å²) in [5.74, 6) is 7.41. The van der Waals surface area contributed by atoms with Gasteiger partial charge in [-0.3, -0.25) is 4.79 Å². The Morgan fingerprint density at radius 2 is 2.14 bits per heavy atom. The minimum atomic E-state index is -2.60. The molecule has 146 valence electrons. The summed E-state index contributed by atoms with van der Waals surface area (Å²) in [6.07, 6.45) is 2.42. The van der Waals surface area contributed by atoms with E-state index >= 15 is 0 Å². The number of benzene rings is 2. The summed E-state index contributed by atoms with van der Waals surface area (Å²) < 4.78 is 27.4. The van der Waals surface area contributed by atoms with E-state index in [-0.39, 0.29) is 5.56 Å². The molecule has 0 aliphatic heterocycles. The van der Waals surface area contributed by atoms with Crippen molar-refractivity contribution in [3.63, 3.8) is 0 Å². The van der Waals surface area contributed by atoms with Gasteiger partial charge >= 0.3 is 0 Å². The number of carbonyl (C=O) groups excluding carboxylic acids is 1. The predicted octanol–water partition coefficient (Wildman–Crippen LogP) is 4.26. The summed E-state index contributed by atoms with van der Waals surface area (Å²) >= 11 is 1.37. The van der Waals surface area contributed by atoms with Crippen LogP contribution in [0.4, 0.5) is 14.5 Å². The van der Waals surface area contributed by atoms with Crippen LogP contribution in [0.25, 0.3) is 10.2 Å². The van der Waals surface area contributed by atoms with Gasteiger partial charge in [0.05, 0.1) is 21.8 Å². The zero-order valence-electron chi connectivity index (χ0n) is 15.6. The van der Waals surface area contributed by atoms with Gasteiger partial charge in [-0.2, -0.15) is 0 Å². The molecule has 1 aromatic heterocycles. The summed E-state index contributed by atoms with van der Waals surface area (Å²) in [6.45, 7) is 2.46. The minimum Gasteiger partial charge on any atom is -0.374 e. The fraction of sp³-hybridized carbons (Fsp3) is 0.182. The highest BCUT2D eigenvalue weighted by Crippen LogP contribution is 2.31. The van der Waals surface area contributed by atoms with Crippen molar-refractivity contribution in [3.8, 4) is 24.2 Å². The smallest absolute Gasteiger partial charge is 0.295 e. The van der Waals surface area contributed by atoms with Crippen LogP contribution in [0.15, 0.2) is 36.4 Å². The van der Waals surface area contributed by atoms with Crippen LogP contribution in [0.1, 0.15) is 28.1 Å². The van der Waals surface area contributed by atoms with Crippen LogP contribution >= 0.6 is 11.3 Å². The molecule has 29 heavy (non-hydrogen) atoms. The fourth-order valence-electron chi connectivity index (χ4n) is 2.72. The van der Waals surface area contributed by atoms with Crippen molar-refractivity contribution in [1.82, 2.24) is 10.3 Å². The van der Waals surface area contributed by atoms with Gasteiger partial charge in [-0.25, -0.2) is 13.8 Å². The molecule has 1 heterocycles. The fourth-order valence-corrected chi connectivity index (χ4v) is 3.62. The molecule has 4 nitrogen and oxygen atoms in total. The molecule has 7 heteroatoms. The quantitative estimate of drug-likeness (QED) is 0.620. The summed E-state index contributed by atoms with van der Waals surface area (Å²) in [4.78, 5) is 15.3. The molecule has 0 unspecified atom stereocenters. The first-order valence-electron chi connectivity index (χ1n) is 8.71. The Balaban J connectivity index is 1.68. The third-order valence-electron chi connectivity index (χ3n) is 3.99. The molecule has 2 aromatic carbocycles. The van der Waals surface area contributed by atoms with Crippen molar-refractivity contribution in [2.75, 3.05) is 11.9 Å². The van der Waals surface area contributed by atoms with E-state index in [1.807, 2.05) is 30.2 Å². The normalized spacial score (nSPS) is 10.3. The first-order chi connectivity index (χ1) is 14.0. The maximum Gasteiger partial charge on any atom is 0.295 e. The Bertz CT molecular complexity index is 1150. The molecule has 0 radical (unpaired) electrons. The van der Waals surface area contributed by atoms with E-state index in [0.29, 0.717) is 28.9 Å². The number of hydrogen-bond donors (Lipinski definition) is 2. The molecule has 0 atom stereocenters.